The molecule has 1 fully saturated rings. The van der Waals surface area contributed by atoms with Crippen molar-refractivity contribution in [3.8, 4) is 0 Å². The largest absolute Gasteiger partial charge is 0.394 e. The molecule has 1 spiro atoms. The summed E-state index contributed by atoms with van der Waals surface area (Å²) in [5, 5.41) is 13.1. The van der Waals surface area contributed by atoms with Gasteiger partial charge in [0, 0.05) is 17.7 Å². The molecule has 3 rings (SSSR count). The normalized spacial score (nSPS) is 26.3. The number of hydrogen-bond donors (Lipinski definition) is 2. The van der Waals surface area contributed by atoms with Crippen LogP contribution in [-0.4, -0.2) is 30.5 Å². The first-order valence-electron chi connectivity index (χ1n) is 6.27. The van der Waals surface area contributed by atoms with Crippen molar-refractivity contribution in [3.63, 3.8) is 0 Å². The lowest BCUT2D eigenvalue weighted by molar-refractivity contribution is 0.226. The second-order valence-corrected chi connectivity index (χ2v) is 5.09. The van der Waals surface area contributed by atoms with Crippen molar-refractivity contribution < 1.29 is 5.11 Å². The summed E-state index contributed by atoms with van der Waals surface area (Å²) >= 11 is 0. The number of nitrogens with one attached hydrogen (secondary N) is 1. The minimum atomic E-state index is 0.0281. The second kappa shape index (κ2) is 4.24. The van der Waals surface area contributed by atoms with Crippen molar-refractivity contribution in [2.24, 2.45) is 10.4 Å². The Morgan fingerprint density at radius 2 is 2.12 bits per heavy atom. The van der Waals surface area contributed by atoms with E-state index < -0.39 is 0 Å². The number of hydrogen-bond acceptors (Lipinski definition) is 3. The average molecular weight is 230 g/mol. The number of nitrogens with zero attached hydrogens (tertiary/aromatic N) is 1. The van der Waals surface area contributed by atoms with Crippen LogP contribution in [0.25, 0.3) is 0 Å². The first kappa shape index (κ1) is 10.9. The summed E-state index contributed by atoms with van der Waals surface area (Å²) < 4.78 is 0. The zero-order chi connectivity index (χ0) is 11.7. The molecule has 1 aromatic rings. The van der Waals surface area contributed by atoms with E-state index in [1.54, 1.807) is 0 Å². The molecular weight excluding hydrogens is 212 g/mol. The molecule has 2 aliphatic rings. The van der Waals surface area contributed by atoms with Crippen molar-refractivity contribution in [2.45, 2.75) is 24.9 Å². The molecule has 0 radical (unpaired) electrons. The summed E-state index contributed by atoms with van der Waals surface area (Å²) in [7, 11) is 0. The molecule has 1 heterocycles. The van der Waals surface area contributed by atoms with Crippen molar-refractivity contribution in [3.05, 3.63) is 35.9 Å². The molecule has 1 aliphatic carbocycles. The van der Waals surface area contributed by atoms with E-state index in [-0.39, 0.29) is 12.6 Å². The van der Waals surface area contributed by atoms with Gasteiger partial charge >= 0.3 is 0 Å². The highest BCUT2D eigenvalue weighted by Crippen LogP contribution is 2.49. The highest BCUT2D eigenvalue weighted by Gasteiger charge is 2.50. The lowest BCUT2D eigenvalue weighted by atomic mass is 9.98. The Morgan fingerprint density at radius 1 is 1.35 bits per heavy atom. The maximum absolute atomic E-state index is 9.53. The predicted octanol–water partition coefficient (Wildman–Crippen LogP) is 1.54. The van der Waals surface area contributed by atoms with Crippen LogP contribution >= 0.6 is 0 Å². The Labute approximate surface area is 102 Å². The summed E-state index contributed by atoms with van der Waals surface area (Å²) in [6, 6.07) is 10.6. The van der Waals surface area contributed by atoms with E-state index in [0.717, 1.165) is 12.1 Å². The van der Waals surface area contributed by atoms with Crippen molar-refractivity contribution >= 4 is 6.21 Å². The fourth-order valence-corrected chi connectivity index (χ4v) is 2.63. The molecule has 1 aliphatic heterocycles. The molecular formula is C14H18N2O. The number of aliphatic hydroxyl groups is 1. The van der Waals surface area contributed by atoms with E-state index in [9.17, 15) is 5.11 Å². The van der Waals surface area contributed by atoms with Crippen LogP contribution in [0.5, 0.6) is 0 Å². The van der Waals surface area contributed by atoms with Gasteiger partial charge in [0.25, 0.3) is 0 Å². The summed E-state index contributed by atoms with van der Waals surface area (Å²) in [5.41, 5.74) is 1.46. The SMILES string of the molecule is OC[C@H](N[C@@H]1CN=CC12CC2)c1ccccc1. The summed E-state index contributed by atoms with van der Waals surface area (Å²) in [6.45, 7) is 0.986. The van der Waals surface area contributed by atoms with Crippen LogP contribution in [-0.2, 0) is 0 Å². The van der Waals surface area contributed by atoms with Crippen LogP contribution in [0.15, 0.2) is 35.3 Å². The third kappa shape index (κ3) is 2.01. The standard InChI is InChI=1S/C14H18N2O/c17-9-12(11-4-2-1-3-5-11)16-13-8-15-10-14(13)6-7-14/h1-5,10,12-13,16-17H,6-9H2/t12-,13+/m0/s1. The van der Waals surface area contributed by atoms with Crippen LogP contribution in [0.3, 0.4) is 0 Å². The van der Waals surface area contributed by atoms with Crippen molar-refractivity contribution in [1.29, 1.82) is 0 Å². The lowest BCUT2D eigenvalue weighted by Crippen LogP contribution is -2.41. The first-order chi connectivity index (χ1) is 8.34. The topological polar surface area (TPSA) is 44.6 Å². The van der Waals surface area contributed by atoms with Gasteiger partial charge in [0.15, 0.2) is 0 Å². The Hall–Kier alpha value is -1.19. The zero-order valence-corrected chi connectivity index (χ0v) is 9.84. The molecule has 2 atom stereocenters. The third-order valence-corrected chi connectivity index (χ3v) is 3.94. The number of aliphatic hydroxyl groups excluding tert-OH is 1. The fraction of sp³-hybridized carbons (Fsp3) is 0.500. The van der Waals surface area contributed by atoms with Crippen molar-refractivity contribution in [2.75, 3.05) is 13.2 Å². The summed E-state index contributed by atoms with van der Waals surface area (Å²) in [4.78, 5) is 4.39. The number of rotatable bonds is 4. The fourth-order valence-electron chi connectivity index (χ4n) is 2.63. The smallest absolute Gasteiger partial charge is 0.0626 e. The van der Waals surface area contributed by atoms with Gasteiger partial charge in [0.05, 0.1) is 19.2 Å². The average Bonchev–Trinajstić information content (AvgIpc) is 3.04. The Balaban J connectivity index is 1.71. The molecule has 1 aromatic carbocycles. The first-order valence-corrected chi connectivity index (χ1v) is 6.27. The highest BCUT2D eigenvalue weighted by atomic mass is 16.3. The van der Waals surface area contributed by atoms with Crippen LogP contribution in [0.1, 0.15) is 24.4 Å². The van der Waals surface area contributed by atoms with Crippen LogP contribution in [0, 0.1) is 5.41 Å². The van der Waals surface area contributed by atoms with Crippen LogP contribution in [0.2, 0.25) is 0 Å². The Bertz CT molecular complexity index is 411. The van der Waals surface area contributed by atoms with E-state index in [1.807, 2.05) is 18.2 Å². The molecule has 3 heteroatoms. The van der Waals surface area contributed by atoms with Gasteiger partial charge in [-0.2, -0.15) is 0 Å². The van der Waals surface area contributed by atoms with E-state index in [0.29, 0.717) is 11.5 Å². The molecule has 0 aromatic heterocycles. The van der Waals surface area contributed by atoms with E-state index in [1.165, 1.54) is 12.8 Å². The second-order valence-electron chi connectivity index (χ2n) is 5.09. The molecule has 0 unspecified atom stereocenters. The number of aliphatic imine (C=N–C) groups is 1. The molecule has 90 valence electrons. The van der Waals surface area contributed by atoms with Crippen molar-refractivity contribution in [1.82, 2.24) is 5.32 Å². The maximum Gasteiger partial charge on any atom is 0.0626 e. The van der Waals surface area contributed by atoms with Gasteiger partial charge in [-0.25, -0.2) is 0 Å². The quantitative estimate of drug-likeness (QED) is 0.824. The predicted molar refractivity (Wildman–Crippen MR) is 68.2 cm³/mol. The molecule has 0 saturated heterocycles. The van der Waals surface area contributed by atoms with Gasteiger partial charge in [-0.3, -0.25) is 4.99 Å². The van der Waals surface area contributed by atoms with Gasteiger partial charge in [-0.15, -0.1) is 0 Å². The summed E-state index contributed by atoms with van der Waals surface area (Å²) in [6.07, 6.45) is 4.59. The molecule has 2 N–H and O–H groups in total. The zero-order valence-electron chi connectivity index (χ0n) is 9.84. The minimum absolute atomic E-state index is 0.0281. The van der Waals surface area contributed by atoms with E-state index in [2.05, 4.69) is 28.7 Å². The maximum atomic E-state index is 9.53. The molecule has 3 nitrogen and oxygen atoms in total. The number of benzene rings is 1. The van der Waals surface area contributed by atoms with E-state index in [4.69, 9.17) is 0 Å². The molecule has 1 saturated carbocycles. The monoisotopic (exact) mass is 230 g/mol. The highest BCUT2D eigenvalue weighted by molar-refractivity contribution is 5.73. The molecule has 0 amide bonds. The van der Waals surface area contributed by atoms with Gasteiger partial charge in [-0.05, 0) is 18.4 Å². The molecule has 0 bridgehead atoms. The van der Waals surface area contributed by atoms with Crippen LogP contribution < -0.4 is 5.32 Å². The Morgan fingerprint density at radius 3 is 2.76 bits per heavy atom. The van der Waals surface area contributed by atoms with Gasteiger partial charge in [0.2, 0.25) is 0 Å². The lowest BCUT2D eigenvalue weighted by Gasteiger charge is -2.25. The summed E-state index contributed by atoms with van der Waals surface area (Å²) in [5.74, 6) is 0. The minimum Gasteiger partial charge on any atom is -0.394 e. The van der Waals surface area contributed by atoms with E-state index >= 15 is 0 Å². The van der Waals surface area contributed by atoms with Gasteiger partial charge in [0.1, 0.15) is 0 Å². The van der Waals surface area contributed by atoms with Gasteiger partial charge in [-0.1, -0.05) is 30.3 Å². The van der Waals surface area contributed by atoms with Gasteiger partial charge < -0.3 is 10.4 Å². The third-order valence-electron chi connectivity index (χ3n) is 3.94. The Kier molecular flexibility index (Phi) is 2.73. The molecule has 17 heavy (non-hydrogen) atoms. The van der Waals surface area contributed by atoms with Crippen LogP contribution in [0.4, 0.5) is 0 Å².